The minimum atomic E-state index is -0.427. The van der Waals surface area contributed by atoms with Crippen LogP contribution in [0.3, 0.4) is 0 Å². The van der Waals surface area contributed by atoms with Gasteiger partial charge in [0.05, 0.1) is 5.92 Å². The highest BCUT2D eigenvalue weighted by molar-refractivity contribution is 5.95. The summed E-state index contributed by atoms with van der Waals surface area (Å²) in [5.41, 5.74) is 15.0. The number of benzene rings is 3. The molecule has 0 aromatic heterocycles. The van der Waals surface area contributed by atoms with E-state index in [0.717, 1.165) is 22.3 Å². The largest absolute Gasteiger partial charge is 0.370 e. The number of nitrogens with two attached hydrogens (primary N) is 2. The van der Waals surface area contributed by atoms with Gasteiger partial charge in [0.25, 0.3) is 5.91 Å². The molecule has 0 saturated carbocycles. The molecule has 4 nitrogen and oxygen atoms in total. The summed E-state index contributed by atoms with van der Waals surface area (Å²) in [7, 11) is 0. The van der Waals surface area contributed by atoms with Gasteiger partial charge in [-0.25, -0.2) is 0 Å². The van der Waals surface area contributed by atoms with Crippen molar-refractivity contribution in [1.29, 1.82) is 0 Å². The molecule has 4 heteroatoms. The van der Waals surface area contributed by atoms with Crippen molar-refractivity contribution in [1.82, 2.24) is 0 Å². The van der Waals surface area contributed by atoms with Crippen molar-refractivity contribution < 1.29 is 4.79 Å². The Morgan fingerprint density at radius 1 is 0.808 bits per heavy atom. The molecule has 1 amide bonds. The van der Waals surface area contributed by atoms with Gasteiger partial charge in [-0.05, 0) is 28.7 Å². The van der Waals surface area contributed by atoms with Gasteiger partial charge in [0.1, 0.15) is 0 Å². The molecule has 0 aliphatic heterocycles. The van der Waals surface area contributed by atoms with Gasteiger partial charge in [0.2, 0.25) is 0 Å². The van der Waals surface area contributed by atoms with Crippen LogP contribution >= 0.6 is 0 Å². The number of nitrogens with zero attached hydrogens (tertiary/aromatic N) is 1. The molecule has 1 atom stereocenters. The molecule has 0 bridgehead atoms. The molecular weight excluding hydrogens is 322 g/mol. The van der Waals surface area contributed by atoms with E-state index in [9.17, 15) is 4.79 Å². The lowest BCUT2D eigenvalue weighted by molar-refractivity contribution is -0.119. The number of aliphatic imine (C=N–C) groups is 1. The van der Waals surface area contributed by atoms with Crippen LogP contribution in [0.2, 0.25) is 0 Å². The minimum Gasteiger partial charge on any atom is -0.370 e. The van der Waals surface area contributed by atoms with E-state index in [0.29, 0.717) is 6.42 Å². The second kappa shape index (κ2) is 8.12. The monoisotopic (exact) mass is 343 g/mol. The van der Waals surface area contributed by atoms with Gasteiger partial charge in [-0.3, -0.25) is 4.79 Å². The molecule has 0 aliphatic carbocycles. The maximum Gasteiger partial charge on any atom is 0.256 e. The summed E-state index contributed by atoms with van der Waals surface area (Å²) in [6.45, 7) is 0. The topological polar surface area (TPSA) is 81.5 Å². The van der Waals surface area contributed by atoms with Crippen LogP contribution in [-0.2, 0) is 11.2 Å². The van der Waals surface area contributed by atoms with E-state index >= 15 is 0 Å². The van der Waals surface area contributed by atoms with Crippen LogP contribution in [0.5, 0.6) is 0 Å². The van der Waals surface area contributed by atoms with E-state index in [1.807, 2.05) is 60.7 Å². The summed E-state index contributed by atoms with van der Waals surface area (Å²) in [5.74, 6) is -0.973. The van der Waals surface area contributed by atoms with Crippen molar-refractivity contribution in [2.45, 2.75) is 12.3 Å². The van der Waals surface area contributed by atoms with Crippen molar-refractivity contribution in [2.75, 3.05) is 0 Å². The van der Waals surface area contributed by atoms with Crippen molar-refractivity contribution in [2.24, 2.45) is 16.5 Å². The average Bonchev–Trinajstić information content (AvgIpc) is 2.67. The van der Waals surface area contributed by atoms with Crippen molar-refractivity contribution in [3.63, 3.8) is 0 Å². The maximum atomic E-state index is 12.6. The highest BCUT2D eigenvalue weighted by Crippen LogP contribution is 2.26. The molecular formula is C22H21N3O. The second-order valence-corrected chi connectivity index (χ2v) is 6.11. The van der Waals surface area contributed by atoms with Crippen LogP contribution < -0.4 is 11.5 Å². The molecule has 0 unspecified atom stereocenters. The summed E-state index contributed by atoms with van der Waals surface area (Å²) in [6.07, 6.45) is 0.528. The third kappa shape index (κ3) is 4.36. The fourth-order valence-electron chi connectivity index (χ4n) is 2.98. The van der Waals surface area contributed by atoms with E-state index in [2.05, 4.69) is 29.3 Å². The van der Waals surface area contributed by atoms with Gasteiger partial charge >= 0.3 is 0 Å². The zero-order valence-electron chi connectivity index (χ0n) is 14.4. The standard InChI is InChI=1S/C22H21N3O/c23-22(24)25-21(26)20(18-11-5-2-6-12-18)15-16-8-7-13-19(14-16)17-9-3-1-4-10-17/h1-14,20H,15H2,(H4,23,24,25,26)/t20-/m1/s1. The van der Waals surface area contributed by atoms with Crippen molar-refractivity contribution in [3.8, 4) is 11.1 Å². The predicted octanol–water partition coefficient (Wildman–Crippen LogP) is 3.48. The number of rotatable bonds is 5. The molecule has 3 rings (SSSR count). The highest BCUT2D eigenvalue weighted by Gasteiger charge is 2.21. The van der Waals surface area contributed by atoms with E-state index in [1.54, 1.807) is 0 Å². The van der Waals surface area contributed by atoms with E-state index in [-0.39, 0.29) is 11.9 Å². The fraction of sp³-hybridized carbons (Fsp3) is 0.0909. The minimum absolute atomic E-state index is 0.214. The van der Waals surface area contributed by atoms with Crippen LogP contribution in [0, 0.1) is 0 Å². The summed E-state index contributed by atoms with van der Waals surface area (Å²) < 4.78 is 0. The van der Waals surface area contributed by atoms with Gasteiger partial charge in [0, 0.05) is 0 Å². The number of hydrogen-bond donors (Lipinski definition) is 2. The van der Waals surface area contributed by atoms with E-state index < -0.39 is 5.92 Å². The van der Waals surface area contributed by atoms with Crippen molar-refractivity contribution in [3.05, 3.63) is 96.1 Å². The fourth-order valence-corrected chi connectivity index (χ4v) is 2.98. The smallest absolute Gasteiger partial charge is 0.256 e. The van der Waals surface area contributed by atoms with E-state index in [4.69, 9.17) is 11.5 Å². The molecule has 0 saturated heterocycles. The zero-order chi connectivity index (χ0) is 18.4. The van der Waals surface area contributed by atoms with Crippen LogP contribution in [0.25, 0.3) is 11.1 Å². The molecule has 0 fully saturated rings. The quantitative estimate of drug-likeness (QED) is 0.550. The Kier molecular flexibility index (Phi) is 5.44. The molecule has 4 N–H and O–H groups in total. The molecule has 26 heavy (non-hydrogen) atoms. The molecule has 3 aromatic rings. The number of carbonyl (C=O) groups excluding carboxylic acids is 1. The first-order chi connectivity index (χ1) is 12.6. The summed E-state index contributed by atoms with van der Waals surface area (Å²) >= 11 is 0. The Labute approximate surface area is 153 Å². The van der Waals surface area contributed by atoms with Gasteiger partial charge in [-0.1, -0.05) is 84.9 Å². The zero-order valence-corrected chi connectivity index (χ0v) is 14.4. The molecule has 0 heterocycles. The maximum absolute atomic E-state index is 12.6. The van der Waals surface area contributed by atoms with Crippen LogP contribution in [0.4, 0.5) is 0 Å². The number of guanidine groups is 1. The molecule has 0 radical (unpaired) electrons. The Bertz CT molecular complexity index is 901. The Balaban J connectivity index is 1.92. The first-order valence-electron chi connectivity index (χ1n) is 8.46. The third-order valence-corrected chi connectivity index (χ3v) is 4.21. The predicted molar refractivity (Wildman–Crippen MR) is 106 cm³/mol. The summed E-state index contributed by atoms with van der Waals surface area (Å²) in [4.78, 5) is 16.3. The lowest BCUT2D eigenvalue weighted by Crippen LogP contribution is -2.26. The molecule has 0 spiro atoms. The van der Waals surface area contributed by atoms with Crippen molar-refractivity contribution >= 4 is 11.9 Å². The molecule has 130 valence electrons. The average molecular weight is 343 g/mol. The van der Waals surface area contributed by atoms with Gasteiger partial charge in [0.15, 0.2) is 5.96 Å². The molecule has 0 aliphatic rings. The Hall–Kier alpha value is -3.40. The lowest BCUT2D eigenvalue weighted by atomic mass is 9.90. The number of amides is 1. The number of hydrogen-bond acceptors (Lipinski definition) is 1. The number of carbonyl (C=O) groups is 1. The van der Waals surface area contributed by atoms with Gasteiger partial charge in [-0.2, -0.15) is 4.99 Å². The van der Waals surface area contributed by atoms with Crippen LogP contribution in [0.15, 0.2) is 89.9 Å². The second-order valence-electron chi connectivity index (χ2n) is 6.11. The van der Waals surface area contributed by atoms with Gasteiger partial charge in [-0.15, -0.1) is 0 Å². The molecule has 3 aromatic carbocycles. The van der Waals surface area contributed by atoms with Gasteiger partial charge < -0.3 is 11.5 Å². The third-order valence-electron chi connectivity index (χ3n) is 4.21. The normalized spacial score (nSPS) is 11.5. The first kappa shape index (κ1) is 17.4. The highest BCUT2D eigenvalue weighted by atomic mass is 16.1. The first-order valence-corrected chi connectivity index (χ1v) is 8.46. The Morgan fingerprint density at radius 3 is 2.08 bits per heavy atom. The SMILES string of the molecule is NC(N)=NC(=O)[C@H](Cc1cccc(-c2ccccc2)c1)c1ccccc1. The Morgan fingerprint density at radius 2 is 1.42 bits per heavy atom. The van der Waals surface area contributed by atoms with Crippen LogP contribution in [-0.4, -0.2) is 11.9 Å². The summed E-state index contributed by atoms with van der Waals surface area (Å²) in [5, 5.41) is 0. The van der Waals surface area contributed by atoms with E-state index in [1.165, 1.54) is 0 Å². The summed E-state index contributed by atoms with van der Waals surface area (Å²) in [6, 6.07) is 27.9. The lowest BCUT2D eigenvalue weighted by Gasteiger charge is -2.15. The van der Waals surface area contributed by atoms with Crippen LogP contribution in [0.1, 0.15) is 17.0 Å².